The molecule has 0 amide bonds. The molecule has 0 aliphatic heterocycles. The van der Waals surface area contributed by atoms with Crippen molar-refractivity contribution in [1.29, 1.82) is 0 Å². The Labute approximate surface area is 200 Å². The van der Waals surface area contributed by atoms with Crippen LogP contribution in [0.2, 0.25) is 0 Å². The third-order valence-corrected chi connectivity index (χ3v) is 5.94. The van der Waals surface area contributed by atoms with Crippen LogP contribution in [-0.2, 0) is 17.8 Å². The van der Waals surface area contributed by atoms with Crippen LogP contribution in [0.1, 0.15) is 41.2 Å². The fourth-order valence-corrected chi connectivity index (χ4v) is 4.08. The lowest BCUT2D eigenvalue weighted by atomic mass is 9.89. The Morgan fingerprint density at radius 1 is 1.15 bits per heavy atom. The van der Waals surface area contributed by atoms with Crippen LogP contribution in [0.15, 0.2) is 60.9 Å². The predicted octanol–water partition coefficient (Wildman–Crippen LogP) is 4.68. The van der Waals surface area contributed by atoms with Gasteiger partial charge in [-0.2, -0.15) is 5.10 Å². The molecular weight excluding hydrogens is 432 g/mol. The Hall–Kier alpha value is -3.58. The quantitative estimate of drug-likeness (QED) is 0.378. The third-order valence-electron chi connectivity index (χ3n) is 5.94. The number of aryl methyl sites for hydroxylation is 1. The number of hydrogen-bond donors (Lipinski definition) is 2. The maximum Gasteiger partial charge on any atom is 0.328 e. The largest absolute Gasteiger partial charge is 0.496 e. The monoisotopic (exact) mass is 464 g/mol. The highest BCUT2D eigenvalue weighted by molar-refractivity contribution is 5.85. The molecule has 2 N–H and O–H groups in total. The van der Waals surface area contributed by atoms with Crippen molar-refractivity contribution in [2.45, 2.75) is 38.8 Å². The molecule has 0 saturated heterocycles. The second-order valence-corrected chi connectivity index (χ2v) is 8.30. The van der Waals surface area contributed by atoms with Gasteiger partial charge in [0.25, 0.3) is 0 Å². The number of rotatable bonds is 12. The lowest BCUT2D eigenvalue weighted by Crippen LogP contribution is -2.20. The number of aliphatic carboxylic acids is 1. The molecule has 7 heteroatoms. The number of carboxylic acid groups (broad SMARTS) is 1. The van der Waals surface area contributed by atoms with E-state index in [0.29, 0.717) is 23.6 Å². The van der Waals surface area contributed by atoms with Crippen LogP contribution in [0.25, 0.3) is 6.08 Å². The summed E-state index contributed by atoms with van der Waals surface area (Å²) in [6, 6.07) is 14.0. The molecule has 0 fully saturated rings. The SMILES string of the molecule is COc1cc([C@@H](O)[C@@H](CCCc2ccccc2)Cn2cc(C=CC(=O)O)cn2)cc(OC)c1C. The molecule has 0 aliphatic carbocycles. The molecule has 7 nitrogen and oxygen atoms in total. The van der Waals surface area contributed by atoms with Crippen LogP contribution in [0.3, 0.4) is 0 Å². The third kappa shape index (κ3) is 6.71. The van der Waals surface area contributed by atoms with Crippen molar-refractivity contribution in [2.24, 2.45) is 5.92 Å². The Kier molecular flexibility index (Phi) is 8.87. The summed E-state index contributed by atoms with van der Waals surface area (Å²) in [6.07, 6.45) is 7.81. The number of aliphatic hydroxyl groups is 1. The second kappa shape index (κ2) is 12.0. The summed E-state index contributed by atoms with van der Waals surface area (Å²) in [5.74, 6) is 0.189. The van der Waals surface area contributed by atoms with Gasteiger partial charge >= 0.3 is 5.97 Å². The van der Waals surface area contributed by atoms with E-state index in [-0.39, 0.29) is 5.92 Å². The van der Waals surface area contributed by atoms with E-state index in [1.807, 2.05) is 37.3 Å². The normalized spacial score (nSPS) is 13.1. The number of aromatic nitrogens is 2. The van der Waals surface area contributed by atoms with Crippen molar-refractivity contribution >= 4 is 12.0 Å². The Bertz CT molecular complexity index is 1080. The maximum absolute atomic E-state index is 11.4. The molecular formula is C27H32N2O5. The maximum atomic E-state index is 11.4. The van der Waals surface area contributed by atoms with E-state index in [1.165, 1.54) is 11.6 Å². The van der Waals surface area contributed by atoms with Gasteiger partial charge in [0.15, 0.2) is 0 Å². The van der Waals surface area contributed by atoms with Gasteiger partial charge in [0, 0.05) is 35.9 Å². The first-order valence-electron chi connectivity index (χ1n) is 11.3. The van der Waals surface area contributed by atoms with Crippen molar-refractivity contribution in [3.05, 3.63) is 83.2 Å². The summed E-state index contributed by atoms with van der Waals surface area (Å²) < 4.78 is 12.8. The summed E-state index contributed by atoms with van der Waals surface area (Å²) in [6.45, 7) is 2.40. The van der Waals surface area contributed by atoms with E-state index in [4.69, 9.17) is 14.6 Å². The van der Waals surface area contributed by atoms with Crippen molar-refractivity contribution < 1.29 is 24.5 Å². The fraction of sp³-hybridized carbons (Fsp3) is 0.333. The van der Waals surface area contributed by atoms with Crippen LogP contribution in [0.5, 0.6) is 11.5 Å². The molecule has 0 unspecified atom stereocenters. The highest BCUT2D eigenvalue weighted by Gasteiger charge is 2.24. The van der Waals surface area contributed by atoms with E-state index < -0.39 is 12.1 Å². The van der Waals surface area contributed by atoms with Crippen molar-refractivity contribution in [3.8, 4) is 11.5 Å². The molecule has 0 saturated carbocycles. The molecule has 1 aromatic heterocycles. The minimum Gasteiger partial charge on any atom is -0.496 e. The zero-order chi connectivity index (χ0) is 24.5. The van der Waals surface area contributed by atoms with E-state index in [1.54, 1.807) is 31.3 Å². The number of nitrogens with zero attached hydrogens (tertiary/aromatic N) is 2. The molecule has 2 aromatic carbocycles. The summed E-state index contributed by atoms with van der Waals surface area (Å²) in [7, 11) is 3.20. The molecule has 3 rings (SSSR count). The van der Waals surface area contributed by atoms with Gasteiger partial charge in [0.2, 0.25) is 0 Å². The topological polar surface area (TPSA) is 93.8 Å². The molecule has 0 aliphatic rings. The van der Waals surface area contributed by atoms with Gasteiger partial charge in [0.05, 0.1) is 26.5 Å². The molecule has 0 bridgehead atoms. The van der Waals surface area contributed by atoms with Crippen LogP contribution in [-0.4, -0.2) is 40.2 Å². The highest BCUT2D eigenvalue weighted by atomic mass is 16.5. The minimum absolute atomic E-state index is 0.128. The summed E-state index contributed by atoms with van der Waals surface area (Å²) in [4.78, 5) is 10.8. The number of methoxy groups -OCH3 is 2. The number of ether oxygens (including phenoxy) is 2. The Morgan fingerprint density at radius 3 is 2.44 bits per heavy atom. The van der Waals surface area contributed by atoms with Gasteiger partial charge in [-0.15, -0.1) is 0 Å². The Balaban J connectivity index is 1.82. The molecule has 0 spiro atoms. The standard InChI is InChI=1S/C27H32N2O5/c1-19-24(33-2)14-23(15-25(19)34-3)27(32)22(11-7-10-20-8-5-4-6-9-20)18-29-17-21(16-28-29)12-13-26(30)31/h4-6,8-9,12-17,22,27,32H,7,10-11,18H2,1-3H3,(H,30,31)/t22-,27-/m0/s1. The lowest BCUT2D eigenvalue weighted by Gasteiger charge is -2.25. The van der Waals surface area contributed by atoms with Crippen molar-refractivity contribution in [1.82, 2.24) is 9.78 Å². The van der Waals surface area contributed by atoms with Gasteiger partial charge in [-0.3, -0.25) is 4.68 Å². The lowest BCUT2D eigenvalue weighted by molar-refractivity contribution is -0.131. The first-order chi connectivity index (χ1) is 16.4. The average molecular weight is 465 g/mol. The molecule has 0 radical (unpaired) electrons. The molecule has 180 valence electrons. The summed E-state index contributed by atoms with van der Waals surface area (Å²) >= 11 is 0. The van der Waals surface area contributed by atoms with E-state index in [2.05, 4.69) is 17.2 Å². The smallest absolute Gasteiger partial charge is 0.328 e. The van der Waals surface area contributed by atoms with E-state index in [9.17, 15) is 9.90 Å². The second-order valence-electron chi connectivity index (χ2n) is 8.30. The zero-order valence-corrected chi connectivity index (χ0v) is 19.8. The van der Waals surface area contributed by atoms with Crippen LogP contribution in [0.4, 0.5) is 0 Å². The van der Waals surface area contributed by atoms with Crippen LogP contribution in [0, 0.1) is 12.8 Å². The zero-order valence-electron chi connectivity index (χ0n) is 19.8. The predicted molar refractivity (Wildman–Crippen MR) is 131 cm³/mol. The van der Waals surface area contributed by atoms with Crippen molar-refractivity contribution in [3.63, 3.8) is 0 Å². The molecule has 34 heavy (non-hydrogen) atoms. The van der Waals surface area contributed by atoms with Crippen LogP contribution < -0.4 is 9.47 Å². The van der Waals surface area contributed by atoms with Gasteiger partial charge in [0.1, 0.15) is 11.5 Å². The number of carboxylic acids is 1. The number of hydrogen-bond acceptors (Lipinski definition) is 5. The molecule has 2 atom stereocenters. The number of carbonyl (C=O) groups is 1. The van der Waals surface area contributed by atoms with Crippen LogP contribution >= 0.6 is 0 Å². The van der Waals surface area contributed by atoms with Gasteiger partial charge in [-0.1, -0.05) is 30.3 Å². The van der Waals surface area contributed by atoms with Gasteiger partial charge in [-0.25, -0.2) is 4.79 Å². The number of aliphatic hydroxyl groups excluding tert-OH is 1. The average Bonchev–Trinajstić information content (AvgIpc) is 3.30. The van der Waals surface area contributed by atoms with Gasteiger partial charge < -0.3 is 19.7 Å². The fourth-order valence-electron chi connectivity index (χ4n) is 4.08. The van der Waals surface area contributed by atoms with Crippen molar-refractivity contribution in [2.75, 3.05) is 14.2 Å². The first-order valence-corrected chi connectivity index (χ1v) is 11.3. The summed E-state index contributed by atoms with van der Waals surface area (Å²) in [5, 5.41) is 24.6. The Morgan fingerprint density at radius 2 is 1.82 bits per heavy atom. The highest BCUT2D eigenvalue weighted by Crippen LogP contribution is 2.36. The van der Waals surface area contributed by atoms with E-state index in [0.717, 1.165) is 36.5 Å². The molecule has 3 aromatic rings. The van der Waals surface area contributed by atoms with E-state index >= 15 is 0 Å². The minimum atomic E-state index is -1.01. The summed E-state index contributed by atoms with van der Waals surface area (Å²) in [5.41, 5.74) is 3.55. The molecule has 1 heterocycles. The first kappa shape index (κ1) is 25.1. The van der Waals surface area contributed by atoms with Gasteiger partial charge in [-0.05, 0) is 55.5 Å². The number of benzene rings is 2.